The molecule has 21 aromatic rings. The van der Waals surface area contributed by atoms with Crippen LogP contribution >= 0.6 is 0 Å². The Hall–Kier alpha value is -12.9. The molecule has 0 fully saturated rings. The van der Waals surface area contributed by atoms with Gasteiger partial charge >= 0.3 is 0 Å². The average molecular weight is 1220 g/mol. The Balaban J connectivity index is 0.849. The molecule has 0 aliphatic carbocycles. The molecule has 6 heteroatoms. The van der Waals surface area contributed by atoms with Crippen molar-refractivity contribution in [3.05, 3.63) is 340 Å². The molecule has 0 saturated carbocycles. The number of para-hydroxylation sites is 8. The lowest BCUT2D eigenvalue weighted by Gasteiger charge is -2.26. The van der Waals surface area contributed by atoms with Crippen LogP contribution in [0.3, 0.4) is 0 Å². The van der Waals surface area contributed by atoms with Gasteiger partial charge in [-0.3, -0.25) is 0 Å². The summed E-state index contributed by atoms with van der Waals surface area (Å²) in [6, 6.07) is 126. The molecule has 15 aromatic carbocycles. The zero-order valence-corrected chi connectivity index (χ0v) is 52.0. The number of hydrogen-bond donors (Lipinski definition) is 0. The second kappa shape index (κ2) is 20.3. The first-order valence-electron chi connectivity index (χ1n) is 33.1. The summed E-state index contributed by atoms with van der Waals surface area (Å²) >= 11 is 0. The number of hydrogen-bond acceptors (Lipinski definition) is 2. The molecule has 6 aromatic heterocycles. The van der Waals surface area contributed by atoms with Crippen LogP contribution in [0.5, 0.6) is 0 Å². The van der Waals surface area contributed by atoms with Crippen LogP contribution in [0.1, 0.15) is 0 Å². The van der Waals surface area contributed by atoms with Crippen LogP contribution in [0, 0.1) is 0 Å². The Bertz CT molecular complexity index is 6260. The normalized spacial score (nSPS) is 12.2. The molecular formula is C90H56N6. The first kappa shape index (κ1) is 52.7. The van der Waals surface area contributed by atoms with E-state index in [0.717, 1.165) is 56.5 Å². The van der Waals surface area contributed by atoms with E-state index < -0.39 is 0 Å². The average Bonchev–Trinajstić information content (AvgIpc) is 1.49. The van der Waals surface area contributed by atoms with Crippen molar-refractivity contribution in [3.63, 3.8) is 0 Å². The number of rotatable bonds is 10. The lowest BCUT2D eigenvalue weighted by molar-refractivity contribution is 1.18. The van der Waals surface area contributed by atoms with Crippen LogP contribution < -0.4 is 9.80 Å². The Morgan fingerprint density at radius 3 is 0.917 bits per heavy atom. The maximum atomic E-state index is 2.64. The standard InChI is InChI=1S/C90H56N6/c1-7-25-57(26-8-1)83-85-73-41-23-39-71-70-50-46-66(92(60-31-13-4-14-32-60)64-48-52-80-76(54-64)68-38-20-22-44-78(68)94(80)62-35-17-6-18-36-62)56-82(70)96(87(71)73)90(85)84(58-27-9-2-10-28-58)86-74-42-24-40-72-69-49-45-65(55-81(69)95(88(72)74)89(83)86)91(59-29-11-3-12-30-59)63-47-51-79-75(53-63)67-37-19-21-43-77(67)93(79)61-33-15-5-16-34-61/h1-56H. The van der Waals surface area contributed by atoms with Crippen LogP contribution in [-0.4, -0.2) is 17.9 Å². The summed E-state index contributed by atoms with van der Waals surface area (Å²) in [7, 11) is 0. The van der Waals surface area contributed by atoms with Crippen molar-refractivity contribution in [1.29, 1.82) is 0 Å². The van der Waals surface area contributed by atoms with E-state index in [0.29, 0.717) is 0 Å². The number of anilines is 6. The molecule has 6 heterocycles. The minimum absolute atomic E-state index is 1.07. The summed E-state index contributed by atoms with van der Waals surface area (Å²) in [6.07, 6.45) is 0. The fraction of sp³-hybridized carbons (Fsp3) is 0. The van der Waals surface area contributed by atoms with Gasteiger partial charge in [0.15, 0.2) is 0 Å². The van der Waals surface area contributed by atoms with Crippen LogP contribution in [0.15, 0.2) is 340 Å². The van der Waals surface area contributed by atoms with Gasteiger partial charge in [0.1, 0.15) is 0 Å². The lowest BCUT2D eigenvalue weighted by atomic mass is 9.89. The van der Waals surface area contributed by atoms with Crippen molar-refractivity contribution in [3.8, 4) is 33.6 Å². The highest BCUT2D eigenvalue weighted by Gasteiger charge is 2.32. The predicted octanol–water partition coefficient (Wildman–Crippen LogP) is 24.5. The van der Waals surface area contributed by atoms with Crippen molar-refractivity contribution >= 4 is 154 Å². The van der Waals surface area contributed by atoms with Crippen molar-refractivity contribution in [2.75, 3.05) is 9.80 Å². The fourth-order valence-corrected chi connectivity index (χ4v) is 16.7. The van der Waals surface area contributed by atoms with Crippen molar-refractivity contribution < 1.29 is 0 Å². The highest BCUT2D eigenvalue weighted by Crippen LogP contribution is 2.55. The molecule has 0 aliphatic heterocycles. The van der Waals surface area contributed by atoms with Gasteiger partial charge in [-0.1, -0.05) is 218 Å². The summed E-state index contributed by atoms with van der Waals surface area (Å²) in [5.74, 6) is 0. The molecule has 0 amide bonds. The molecular weight excluding hydrogens is 1170 g/mol. The SMILES string of the molecule is c1ccc(-c2c3c4cccc5c6ccc(N(c7ccccc7)c7ccc8c(c7)c7ccccc7n8-c7ccccc7)cc6n(c3c(-c3ccccc3)c3c6cccc7c8ccc(N(c9ccccc9)c9ccc%10c(c9)c9ccccc9n%10-c9ccccc9)cc8n(c23)c76)c54)cc1. The van der Waals surface area contributed by atoms with Gasteiger partial charge < -0.3 is 27.7 Å². The second-order valence-electron chi connectivity index (χ2n) is 25.5. The molecule has 6 nitrogen and oxygen atoms in total. The highest BCUT2D eigenvalue weighted by molar-refractivity contribution is 6.38. The van der Waals surface area contributed by atoms with Crippen molar-refractivity contribution in [2.24, 2.45) is 0 Å². The van der Waals surface area contributed by atoms with E-state index in [9.17, 15) is 0 Å². The van der Waals surface area contributed by atoms with E-state index in [1.54, 1.807) is 0 Å². The fourth-order valence-electron chi connectivity index (χ4n) is 16.7. The maximum Gasteiger partial charge on any atom is 0.0634 e. The molecule has 21 rings (SSSR count). The van der Waals surface area contributed by atoms with Gasteiger partial charge in [0, 0.05) is 121 Å². The zero-order chi connectivity index (χ0) is 62.7. The molecule has 446 valence electrons. The van der Waals surface area contributed by atoms with Crippen molar-refractivity contribution in [1.82, 2.24) is 17.9 Å². The molecule has 0 unspecified atom stereocenters. The maximum absolute atomic E-state index is 2.64. The molecule has 0 radical (unpaired) electrons. The molecule has 0 aliphatic rings. The highest BCUT2D eigenvalue weighted by atomic mass is 15.2. The third-order valence-corrected chi connectivity index (χ3v) is 20.5. The molecule has 0 bridgehead atoms. The zero-order valence-electron chi connectivity index (χ0n) is 52.0. The molecule has 0 spiro atoms. The van der Waals surface area contributed by atoms with E-state index in [4.69, 9.17) is 0 Å². The van der Waals surface area contributed by atoms with E-state index in [-0.39, 0.29) is 0 Å². The molecule has 0 N–H and O–H groups in total. The quantitative estimate of drug-likeness (QED) is 0.136. The van der Waals surface area contributed by atoms with Gasteiger partial charge in [0.05, 0.1) is 55.2 Å². The Morgan fingerprint density at radius 1 is 0.188 bits per heavy atom. The van der Waals surface area contributed by atoms with Gasteiger partial charge in [-0.25, -0.2) is 0 Å². The van der Waals surface area contributed by atoms with Gasteiger partial charge in [-0.2, -0.15) is 0 Å². The number of benzene rings is 15. The van der Waals surface area contributed by atoms with E-state index >= 15 is 0 Å². The smallest absolute Gasteiger partial charge is 0.0634 e. The molecule has 96 heavy (non-hydrogen) atoms. The van der Waals surface area contributed by atoms with Crippen LogP contribution in [-0.2, 0) is 0 Å². The Labute approximate surface area is 551 Å². The van der Waals surface area contributed by atoms with E-state index in [1.165, 1.54) is 131 Å². The van der Waals surface area contributed by atoms with Crippen LogP contribution in [0.25, 0.3) is 153 Å². The number of fused-ring (bicyclic) bond motifs is 18. The summed E-state index contributed by atoms with van der Waals surface area (Å²) in [6.45, 7) is 0. The van der Waals surface area contributed by atoms with Crippen molar-refractivity contribution in [2.45, 2.75) is 0 Å². The Morgan fingerprint density at radius 2 is 0.500 bits per heavy atom. The van der Waals surface area contributed by atoms with Gasteiger partial charge in [0.25, 0.3) is 0 Å². The third-order valence-electron chi connectivity index (χ3n) is 20.5. The first-order valence-corrected chi connectivity index (χ1v) is 33.1. The summed E-state index contributed by atoms with van der Waals surface area (Å²) in [5, 5.41) is 14.7. The van der Waals surface area contributed by atoms with Crippen LogP contribution in [0.2, 0.25) is 0 Å². The monoisotopic (exact) mass is 1220 g/mol. The summed E-state index contributed by atoms with van der Waals surface area (Å²) in [5.41, 5.74) is 25.4. The van der Waals surface area contributed by atoms with Gasteiger partial charge in [-0.15, -0.1) is 0 Å². The number of aromatic nitrogens is 4. The minimum atomic E-state index is 1.07. The predicted molar refractivity (Wildman–Crippen MR) is 405 cm³/mol. The van der Waals surface area contributed by atoms with Crippen LogP contribution in [0.4, 0.5) is 34.1 Å². The first-order chi connectivity index (χ1) is 47.7. The largest absolute Gasteiger partial charge is 0.310 e. The minimum Gasteiger partial charge on any atom is -0.310 e. The Kier molecular flexibility index (Phi) is 11.1. The van der Waals surface area contributed by atoms with E-state index in [2.05, 4.69) is 367 Å². The summed E-state index contributed by atoms with van der Waals surface area (Å²) < 4.78 is 10.1. The lowest BCUT2D eigenvalue weighted by Crippen LogP contribution is -2.10. The van der Waals surface area contributed by atoms with Gasteiger partial charge in [0.2, 0.25) is 0 Å². The molecule has 0 atom stereocenters. The second-order valence-corrected chi connectivity index (χ2v) is 25.5. The van der Waals surface area contributed by atoms with Gasteiger partial charge in [-0.05, 0) is 132 Å². The van der Waals surface area contributed by atoms with E-state index in [1.807, 2.05) is 0 Å². The number of nitrogens with zero attached hydrogens (tertiary/aromatic N) is 6. The summed E-state index contributed by atoms with van der Waals surface area (Å²) in [4.78, 5) is 4.89. The third kappa shape index (κ3) is 7.40. The molecule has 0 saturated heterocycles. The topological polar surface area (TPSA) is 25.2 Å².